The summed E-state index contributed by atoms with van der Waals surface area (Å²) in [6, 6.07) is 7.25. The second-order valence-corrected chi connectivity index (χ2v) is 7.80. The van der Waals surface area contributed by atoms with E-state index >= 15 is 0 Å². The van der Waals surface area contributed by atoms with Crippen molar-refractivity contribution in [2.75, 3.05) is 19.4 Å². The number of benzene rings is 1. The zero-order valence-corrected chi connectivity index (χ0v) is 18.7. The van der Waals surface area contributed by atoms with Crippen LogP contribution in [0.1, 0.15) is 43.5 Å². The fourth-order valence-corrected chi connectivity index (χ4v) is 3.20. The molecule has 0 spiro atoms. The van der Waals surface area contributed by atoms with Gasteiger partial charge in [0.1, 0.15) is 0 Å². The number of nitrogens with one attached hydrogen (secondary N) is 1. The number of nitrogens with zero attached hydrogens (tertiary/aromatic N) is 5. The number of hydrogen-bond donors (Lipinski definition) is 1. The maximum Gasteiger partial charge on any atom is 0.276 e. The SMILES string of the molecule is Cc1nn(Cc2ccc(C(=O)Nc3c(C(=O)N(C)C)nn(C)c3C)cc2)c(C)c1Cl. The first kappa shape index (κ1) is 21.6. The molecule has 0 fully saturated rings. The summed E-state index contributed by atoms with van der Waals surface area (Å²) in [5.74, 6) is -0.576. The average Bonchev–Trinajstić information content (AvgIpc) is 3.12. The van der Waals surface area contributed by atoms with Gasteiger partial charge in [0.05, 0.1) is 34.3 Å². The Bertz CT molecular complexity index is 1110. The molecule has 0 radical (unpaired) electrons. The predicted molar refractivity (Wildman–Crippen MR) is 116 cm³/mol. The van der Waals surface area contributed by atoms with Crippen LogP contribution in [0.2, 0.25) is 5.02 Å². The highest BCUT2D eigenvalue weighted by atomic mass is 35.5. The van der Waals surface area contributed by atoms with E-state index in [-0.39, 0.29) is 17.5 Å². The quantitative estimate of drug-likeness (QED) is 0.676. The Morgan fingerprint density at radius 1 is 1.07 bits per heavy atom. The van der Waals surface area contributed by atoms with E-state index in [1.807, 2.05) is 30.7 Å². The highest BCUT2D eigenvalue weighted by molar-refractivity contribution is 6.31. The molecule has 158 valence electrons. The summed E-state index contributed by atoms with van der Waals surface area (Å²) in [5, 5.41) is 12.2. The number of amides is 2. The van der Waals surface area contributed by atoms with Crippen LogP contribution in [0.4, 0.5) is 5.69 Å². The molecule has 0 unspecified atom stereocenters. The lowest BCUT2D eigenvalue weighted by molar-refractivity contribution is 0.0822. The first-order chi connectivity index (χ1) is 14.1. The molecule has 2 amide bonds. The number of hydrogen-bond acceptors (Lipinski definition) is 4. The lowest BCUT2D eigenvalue weighted by Gasteiger charge is -2.11. The van der Waals surface area contributed by atoms with Gasteiger partial charge in [-0.25, -0.2) is 0 Å². The van der Waals surface area contributed by atoms with Gasteiger partial charge in [0.25, 0.3) is 11.8 Å². The lowest BCUT2D eigenvalue weighted by Crippen LogP contribution is -2.24. The fraction of sp³-hybridized carbons (Fsp3) is 0.333. The predicted octanol–water partition coefficient (Wildman–Crippen LogP) is 3.20. The van der Waals surface area contributed by atoms with E-state index in [0.29, 0.717) is 28.5 Å². The van der Waals surface area contributed by atoms with Crippen LogP contribution in [0, 0.1) is 20.8 Å². The second kappa shape index (κ2) is 8.31. The van der Waals surface area contributed by atoms with Crippen molar-refractivity contribution in [2.45, 2.75) is 27.3 Å². The number of aromatic nitrogens is 4. The Labute approximate surface area is 180 Å². The monoisotopic (exact) mass is 428 g/mol. The number of carbonyl (C=O) groups excluding carboxylic acids is 2. The Balaban J connectivity index is 1.79. The van der Waals surface area contributed by atoms with Gasteiger partial charge in [-0.2, -0.15) is 10.2 Å². The van der Waals surface area contributed by atoms with Crippen molar-refractivity contribution < 1.29 is 9.59 Å². The molecular weight excluding hydrogens is 404 g/mol. The molecular formula is C21H25ClN6O2. The summed E-state index contributed by atoms with van der Waals surface area (Å²) in [6.45, 7) is 6.16. The number of carbonyl (C=O) groups is 2. The van der Waals surface area contributed by atoms with Gasteiger partial charge in [0, 0.05) is 26.7 Å². The van der Waals surface area contributed by atoms with Crippen LogP contribution >= 0.6 is 11.6 Å². The largest absolute Gasteiger partial charge is 0.343 e. The van der Waals surface area contributed by atoms with E-state index in [1.54, 1.807) is 44.9 Å². The third kappa shape index (κ3) is 4.09. The minimum absolute atomic E-state index is 0.214. The third-order valence-electron chi connectivity index (χ3n) is 5.02. The van der Waals surface area contributed by atoms with E-state index in [9.17, 15) is 9.59 Å². The topological polar surface area (TPSA) is 85.1 Å². The van der Waals surface area contributed by atoms with E-state index in [1.165, 1.54) is 4.90 Å². The number of aryl methyl sites for hydroxylation is 2. The molecule has 30 heavy (non-hydrogen) atoms. The molecule has 8 nitrogen and oxygen atoms in total. The van der Waals surface area contributed by atoms with Crippen LogP contribution in [0.25, 0.3) is 0 Å². The summed E-state index contributed by atoms with van der Waals surface area (Å²) in [4.78, 5) is 26.6. The molecule has 2 aromatic heterocycles. The average molecular weight is 429 g/mol. The molecule has 0 bridgehead atoms. The van der Waals surface area contributed by atoms with E-state index in [2.05, 4.69) is 15.5 Å². The van der Waals surface area contributed by atoms with Crippen molar-refractivity contribution >= 4 is 29.1 Å². The third-order valence-corrected chi connectivity index (χ3v) is 5.57. The van der Waals surface area contributed by atoms with Crippen molar-refractivity contribution in [3.63, 3.8) is 0 Å². The van der Waals surface area contributed by atoms with Crippen LogP contribution in [0.3, 0.4) is 0 Å². The number of halogens is 1. The van der Waals surface area contributed by atoms with Crippen LogP contribution in [-0.4, -0.2) is 50.4 Å². The fourth-order valence-electron chi connectivity index (χ4n) is 3.07. The minimum atomic E-state index is -0.306. The van der Waals surface area contributed by atoms with Crippen LogP contribution < -0.4 is 5.32 Å². The summed E-state index contributed by atoms with van der Waals surface area (Å²) in [6.07, 6.45) is 0. The van der Waals surface area contributed by atoms with Gasteiger partial charge in [-0.05, 0) is 38.5 Å². The molecule has 0 aliphatic heterocycles. The smallest absolute Gasteiger partial charge is 0.276 e. The number of anilines is 1. The molecule has 0 saturated heterocycles. The molecule has 0 saturated carbocycles. The highest BCUT2D eigenvalue weighted by Gasteiger charge is 2.23. The highest BCUT2D eigenvalue weighted by Crippen LogP contribution is 2.22. The van der Waals surface area contributed by atoms with Gasteiger partial charge in [0.15, 0.2) is 5.69 Å². The number of rotatable bonds is 5. The van der Waals surface area contributed by atoms with Gasteiger partial charge >= 0.3 is 0 Å². The molecule has 2 heterocycles. The van der Waals surface area contributed by atoms with E-state index in [0.717, 1.165) is 17.0 Å². The van der Waals surface area contributed by atoms with Gasteiger partial charge in [-0.15, -0.1) is 0 Å². The van der Waals surface area contributed by atoms with Crippen LogP contribution in [0.5, 0.6) is 0 Å². The van der Waals surface area contributed by atoms with E-state index < -0.39 is 0 Å². The summed E-state index contributed by atoms with van der Waals surface area (Å²) in [7, 11) is 5.02. The van der Waals surface area contributed by atoms with Gasteiger partial charge < -0.3 is 10.2 Å². The summed E-state index contributed by atoms with van der Waals surface area (Å²) < 4.78 is 3.42. The standard InChI is InChI=1S/C21H25ClN6O2/c1-12-17(22)13(2)28(24-12)11-15-7-9-16(10-8-15)20(29)23-18-14(3)27(6)25-19(18)21(30)26(4)5/h7-10H,11H2,1-6H3,(H,23,29). The molecule has 1 aromatic carbocycles. The maximum atomic E-state index is 12.8. The maximum absolute atomic E-state index is 12.8. The van der Waals surface area contributed by atoms with Crippen LogP contribution in [-0.2, 0) is 13.6 Å². The first-order valence-corrected chi connectivity index (χ1v) is 9.83. The van der Waals surface area contributed by atoms with Crippen molar-refractivity contribution in [3.8, 4) is 0 Å². The molecule has 3 rings (SSSR count). The molecule has 1 N–H and O–H groups in total. The summed E-state index contributed by atoms with van der Waals surface area (Å²) >= 11 is 6.21. The van der Waals surface area contributed by atoms with Crippen molar-refractivity contribution in [3.05, 3.63) is 63.2 Å². The Kier molecular flexibility index (Phi) is 5.98. The van der Waals surface area contributed by atoms with Gasteiger partial charge in [-0.3, -0.25) is 19.0 Å². The lowest BCUT2D eigenvalue weighted by atomic mass is 10.1. The molecule has 0 aliphatic carbocycles. The van der Waals surface area contributed by atoms with Crippen molar-refractivity contribution in [1.29, 1.82) is 0 Å². The zero-order valence-electron chi connectivity index (χ0n) is 17.9. The Morgan fingerprint density at radius 3 is 2.23 bits per heavy atom. The zero-order chi connectivity index (χ0) is 22.2. The Hall–Kier alpha value is -3.13. The summed E-state index contributed by atoms with van der Waals surface area (Å²) in [5.41, 5.74) is 4.51. The van der Waals surface area contributed by atoms with Crippen molar-refractivity contribution in [1.82, 2.24) is 24.5 Å². The Morgan fingerprint density at radius 2 is 1.70 bits per heavy atom. The molecule has 0 atom stereocenters. The molecule has 0 aliphatic rings. The van der Waals surface area contributed by atoms with Gasteiger partial charge in [-0.1, -0.05) is 23.7 Å². The van der Waals surface area contributed by atoms with E-state index in [4.69, 9.17) is 11.6 Å². The van der Waals surface area contributed by atoms with Gasteiger partial charge in [0.2, 0.25) is 0 Å². The molecule has 9 heteroatoms. The first-order valence-electron chi connectivity index (χ1n) is 9.45. The molecule has 3 aromatic rings. The normalized spacial score (nSPS) is 10.9. The second-order valence-electron chi connectivity index (χ2n) is 7.43. The minimum Gasteiger partial charge on any atom is -0.343 e. The van der Waals surface area contributed by atoms with Crippen LogP contribution in [0.15, 0.2) is 24.3 Å². The van der Waals surface area contributed by atoms with Crippen molar-refractivity contribution in [2.24, 2.45) is 7.05 Å².